The SMILES string of the molecule is Cc1ccc(C#N)cc1S(=O)(=O)NC1CCN(C)CC1. The van der Waals surface area contributed by atoms with Crippen molar-refractivity contribution in [1.82, 2.24) is 9.62 Å². The Kier molecular flexibility index (Phi) is 4.43. The van der Waals surface area contributed by atoms with Crippen LogP contribution in [0.25, 0.3) is 0 Å². The summed E-state index contributed by atoms with van der Waals surface area (Å²) in [6, 6.07) is 6.69. The van der Waals surface area contributed by atoms with Gasteiger partial charge in [0.15, 0.2) is 0 Å². The van der Waals surface area contributed by atoms with Gasteiger partial charge in [-0.05, 0) is 57.6 Å². The molecule has 0 aromatic heterocycles. The third kappa shape index (κ3) is 3.37. The predicted octanol–water partition coefficient (Wildman–Crippen LogP) is 1.24. The van der Waals surface area contributed by atoms with Crippen LogP contribution in [0.4, 0.5) is 0 Å². The summed E-state index contributed by atoms with van der Waals surface area (Å²) in [4.78, 5) is 2.39. The quantitative estimate of drug-likeness (QED) is 0.910. The highest BCUT2D eigenvalue weighted by Gasteiger charge is 2.24. The van der Waals surface area contributed by atoms with E-state index in [0.717, 1.165) is 25.9 Å². The molecule has 0 aliphatic carbocycles. The Morgan fingerprint density at radius 1 is 1.35 bits per heavy atom. The molecule has 0 amide bonds. The molecule has 5 nitrogen and oxygen atoms in total. The third-order valence-electron chi connectivity index (χ3n) is 3.65. The van der Waals surface area contributed by atoms with Crippen molar-refractivity contribution in [3.8, 4) is 6.07 Å². The zero-order valence-corrected chi connectivity index (χ0v) is 12.6. The topological polar surface area (TPSA) is 73.2 Å². The number of benzene rings is 1. The molecular weight excluding hydrogens is 274 g/mol. The van der Waals surface area contributed by atoms with Crippen LogP contribution in [-0.4, -0.2) is 39.5 Å². The number of likely N-dealkylation sites (tertiary alicyclic amines) is 1. The highest BCUT2D eigenvalue weighted by Crippen LogP contribution is 2.19. The zero-order valence-electron chi connectivity index (χ0n) is 11.8. The fraction of sp³-hybridized carbons (Fsp3) is 0.500. The van der Waals surface area contributed by atoms with Crippen molar-refractivity contribution in [2.24, 2.45) is 0 Å². The summed E-state index contributed by atoms with van der Waals surface area (Å²) in [5.74, 6) is 0. The fourth-order valence-corrected chi connectivity index (χ4v) is 3.94. The molecule has 0 saturated carbocycles. The lowest BCUT2D eigenvalue weighted by molar-refractivity contribution is 0.248. The summed E-state index contributed by atoms with van der Waals surface area (Å²) in [6.07, 6.45) is 1.62. The summed E-state index contributed by atoms with van der Waals surface area (Å²) < 4.78 is 27.6. The third-order valence-corrected chi connectivity index (χ3v) is 5.31. The fourth-order valence-electron chi connectivity index (χ4n) is 2.37. The van der Waals surface area contributed by atoms with Crippen LogP contribution < -0.4 is 4.72 Å². The van der Waals surface area contributed by atoms with Gasteiger partial charge in [0, 0.05) is 6.04 Å². The largest absolute Gasteiger partial charge is 0.306 e. The Morgan fingerprint density at radius 3 is 2.60 bits per heavy atom. The van der Waals surface area contributed by atoms with Crippen LogP contribution in [-0.2, 0) is 10.0 Å². The molecule has 0 spiro atoms. The highest BCUT2D eigenvalue weighted by atomic mass is 32.2. The first kappa shape index (κ1) is 15.0. The standard InChI is InChI=1S/C14H19N3O2S/c1-11-3-4-12(10-15)9-14(11)20(18,19)16-13-5-7-17(2)8-6-13/h3-4,9,13,16H,5-8H2,1-2H3. The number of piperidine rings is 1. The monoisotopic (exact) mass is 293 g/mol. The molecule has 108 valence electrons. The maximum absolute atomic E-state index is 12.4. The van der Waals surface area contributed by atoms with E-state index in [2.05, 4.69) is 9.62 Å². The van der Waals surface area contributed by atoms with Crippen molar-refractivity contribution in [2.75, 3.05) is 20.1 Å². The summed E-state index contributed by atoms with van der Waals surface area (Å²) in [6.45, 7) is 3.53. The number of hydrogen-bond acceptors (Lipinski definition) is 4. The summed E-state index contributed by atoms with van der Waals surface area (Å²) in [5, 5.41) is 8.90. The molecule has 0 radical (unpaired) electrons. The van der Waals surface area contributed by atoms with Crippen molar-refractivity contribution >= 4 is 10.0 Å². The Bertz CT molecular complexity index is 626. The first-order valence-electron chi connectivity index (χ1n) is 6.64. The van der Waals surface area contributed by atoms with Gasteiger partial charge in [0.2, 0.25) is 10.0 Å². The molecule has 1 saturated heterocycles. The van der Waals surface area contributed by atoms with Gasteiger partial charge >= 0.3 is 0 Å². The Hall–Kier alpha value is -1.42. The Labute approximate surface area is 120 Å². The molecule has 20 heavy (non-hydrogen) atoms. The Morgan fingerprint density at radius 2 is 2.00 bits per heavy atom. The van der Waals surface area contributed by atoms with E-state index < -0.39 is 10.0 Å². The molecule has 2 rings (SSSR count). The van der Waals surface area contributed by atoms with Gasteiger partial charge in [-0.2, -0.15) is 5.26 Å². The normalized spacial score (nSPS) is 17.9. The number of rotatable bonds is 3. The van der Waals surface area contributed by atoms with Crippen LogP contribution in [0.5, 0.6) is 0 Å². The van der Waals surface area contributed by atoms with Gasteiger partial charge in [0.25, 0.3) is 0 Å². The lowest BCUT2D eigenvalue weighted by atomic mass is 10.1. The van der Waals surface area contributed by atoms with Crippen molar-refractivity contribution in [3.05, 3.63) is 29.3 Å². The minimum atomic E-state index is -3.56. The second kappa shape index (κ2) is 5.92. The van der Waals surface area contributed by atoms with Gasteiger partial charge < -0.3 is 4.90 Å². The van der Waals surface area contributed by atoms with Crippen molar-refractivity contribution in [2.45, 2.75) is 30.7 Å². The molecular formula is C14H19N3O2S. The number of sulfonamides is 1. The van der Waals surface area contributed by atoms with Crippen LogP contribution in [0.2, 0.25) is 0 Å². The first-order chi connectivity index (χ1) is 9.42. The number of aryl methyl sites for hydroxylation is 1. The van der Waals surface area contributed by atoms with E-state index >= 15 is 0 Å². The van der Waals surface area contributed by atoms with Gasteiger partial charge in [-0.3, -0.25) is 0 Å². The molecule has 6 heteroatoms. The average Bonchev–Trinajstić information content (AvgIpc) is 2.41. The van der Waals surface area contributed by atoms with Crippen LogP contribution in [0.1, 0.15) is 24.0 Å². The van der Waals surface area contributed by atoms with E-state index in [9.17, 15) is 8.42 Å². The molecule has 1 aliphatic heterocycles. The summed E-state index contributed by atoms with van der Waals surface area (Å²) >= 11 is 0. The van der Waals surface area contributed by atoms with Crippen molar-refractivity contribution < 1.29 is 8.42 Å². The highest BCUT2D eigenvalue weighted by molar-refractivity contribution is 7.89. The van der Waals surface area contributed by atoms with E-state index in [4.69, 9.17) is 5.26 Å². The molecule has 0 atom stereocenters. The number of hydrogen-bond donors (Lipinski definition) is 1. The smallest absolute Gasteiger partial charge is 0.241 e. The average molecular weight is 293 g/mol. The second-order valence-corrected chi connectivity index (χ2v) is 6.97. The zero-order chi connectivity index (χ0) is 14.8. The maximum atomic E-state index is 12.4. The van der Waals surface area contributed by atoms with E-state index in [1.54, 1.807) is 19.1 Å². The maximum Gasteiger partial charge on any atom is 0.241 e. The van der Waals surface area contributed by atoms with Gasteiger partial charge in [0.05, 0.1) is 16.5 Å². The van der Waals surface area contributed by atoms with E-state index in [1.165, 1.54) is 6.07 Å². The number of nitriles is 1. The van der Waals surface area contributed by atoms with Crippen LogP contribution in [0.15, 0.2) is 23.1 Å². The van der Waals surface area contributed by atoms with Crippen LogP contribution in [0.3, 0.4) is 0 Å². The lowest BCUT2D eigenvalue weighted by Crippen LogP contribution is -2.43. The number of nitrogens with zero attached hydrogens (tertiary/aromatic N) is 2. The van der Waals surface area contributed by atoms with E-state index in [1.807, 2.05) is 13.1 Å². The predicted molar refractivity (Wildman–Crippen MR) is 76.7 cm³/mol. The summed E-state index contributed by atoms with van der Waals surface area (Å²) in [5.41, 5.74) is 1.02. The summed E-state index contributed by atoms with van der Waals surface area (Å²) in [7, 11) is -1.53. The van der Waals surface area contributed by atoms with Crippen molar-refractivity contribution in [3.63, 3.8) is 0 Å². The van der Waals surface area contributed by atoms with E-state index in [-0.39, 0.29) is 10.9 Å². The van der Waals surface area contributed by atoms with Gasteiger partial charge in [-0.25, -0.2) is 13.1 Å². The Balaban J connectivity index is 2.20. The van der Waals surface area contributed by atoms with Gasteiger partial charge in [-0.15, -0.1) is 0 Å². The molecule has 1 aromatic rings. The molecule has 1 aromatic carbocycles. The second-order valence-electron chi connectivity index (χ2n) is 5.29. The van der Waals surface area contributed by atoms with Crippen LogP contribution >= 0.6 is 0 Å². The first-order valence-corrected chi connectivity index (χ1v) is 8.12. The van der Waals surface area contributed by atoms with Crippen molar-refractivity contribution in [1.29, 1.82) is 5.26 Å². The molecule has 1 aliphatic rings. The molecule has 1 fully saturated rings. The van der Waals surface area contributed by atoms with Gasteiger partial charge in [0.1, 0.15) is 0 Å². The van der Waals surface area contributed by atoms with E-state index in [0.29, 0.717) is 11.1 Å². The molecule has 0 bridgehead atoms. The van der Waals surface area contributed by atoms with Gasteiger partial charge in [-0.1, -0.05) is 6.07 Å². The molecule has 1 heterocycles. The minimum Gasteiger partial charge on any atom is -0.306 e. The molecule has 1 N–H and O–H groups in total. The lowest BCUT2D eigenvalue weighted by Gasteiger charge is -2.29. The molecule has 0 unspecified atom stereocenters. The number of nitrogens with one attached hydrogen (secondary N) is 1. The minimum absolute atomic E-state index is 0.0265. The van der Waals surface area contributed by atoms with Crippen LogP contribution in [0, 0.1) is 18.3 Å².